The van der Waals surface area contributed by atoms with Crippen LogP contribution in [0, 0.1) is 0 Å². The fourth-order valence-corrected chi connectivity index (χ4v) is 4.94. The third-order valence-electron chi connectivity index (χ3n) is 6.21. The molecule has 0 unspecified atom stereocenters. The number of fused-ring (bicyclic) bond motifs is 3. The smallest absolute Gasteiger partial charge is 0.0158 e. The molecule has 0 saturated carbocycles. The van der Waals surface area contributed by atoms with Crippen molar-refractivity contribution in [3.63, 3.8) is 0 Å². The Morgan fingerprint density at radius 1 is 0.875 bits per heavy atom. The average Bonchev–Trinajstić information content (AvgIpc) is 2.73. The number of hydrogen-bond donors (Lipinski definition) is 0. The maximum absolute atomic E-state index is 2.49. The molecule has 130 valence electrons. The first kappa shape index (κ1) is 17.6. The van der Waals surface area contributed by atoms with Gasteiger partial charge in [-0.2, -0.15) is 0 Å². The summed E-state index contributed by atoms with van der Waals surface area (Å²) in [7, 11) is -0.592. The Morgan fingerprint density at radius 3 is 2.17 bits per heavy atom. The monoisotopic (exact) mass is 340 g/mol. The standard InChI is InChI=1S/C23H32S/c1-22(2,3)24(6,7)15-14-17-12-13-19-18-10-8-9-11-20(18)23(4,5)21(19)16-17/h8-13,16H,14-15H2,1-7H3. The van der Waals surface area contributed by atoms with Gasteiger partial charge in [-0.05, 0) is 57.2 Å². The summed E-state index contributed by atoms with van der Waals surface area (Å²) in [6.07, 6.45) is 6.17. The lowest BCUT2D eigenvalue weighted by Crippen LogP contribution is -2.26. The zero-order chi connectivity index (χ0) is 17.8. The highest BCUT2D eigenvalue weighted by molar-refractivity contribution is 8.33. The van der Waals surface area contributed by atoms with Gasteiger partial charge < -0.3 is 0 Å². The lowest BCUT2D eigenvalue weighted by atomic mass is 9.82. The molecule has 24 heavy (non-hydrogen) atoms. The Labute approximate surface area is 150 Å². The summed E-state index contributed by atoms with van der Waals surface area (Å²) < 4.78 is 0.416. The molecule has 0 radical (unpaired) electrons. The average molecular weight is 341 g/mol. The first-order chi connectivity index (χ1) is 11.0. The molecule has 0 spiro atoms. The Balaban J connectivity index is 1.90. The first-order valence-corrected chi connectivity index (χ1v) is 11.6. The van der Waals surface area contributed by atoms with E-state index >= 15 is 0 Å². The molecule has 3 rings (SSSR count). The van der Waals surface area contributed by atoms with Crippen LogP contribution in [0.25, 0.3) is 11.1 Å². The summed E-state index contributed by atoms with van der Waals surface area (Å²) in [6, 6.07) is 16.1. The van der Waals surface area contributed by atoms with E-state index in [2.05, 4.69) is 89.6 Å². The predicted octanol–water partition coefficient (Wildman–Crippen LogP) is 6.40. The molecule has 0 bridgehead atoms. The summed E-state index contributed by atoms with van der Waals surface area (Å²) in [6.45, 7) is 11.9. The van der Waals surface area contributed by atoms with Gasteiger partial charge in [0.1, 0.15) is 0 Å². The molecule has 0 amide bonds. The number of rotatable bonds is 3. The summed E-state index contributed by atoms with van der Waals surface area (Å²) in [4.78, 5) is 0. The van der Waals surface area contributed by atoms with E-state index in [1.165, 1.54) is 40.0 Å². The highest BCUT2D eigenvalue weighted by Crippen LogP contribution is 2.53. The second kappa shape index (κ2) is 5.66. The summed E-state index contributed by atoms with van der Waals surface area (Å²) in [5, 5.41) is 0. The minimum atomic E-state index is -0.592. The second-order valence-corrected chi connectivity index (χ2v) is 13.9. The normalized spacial score (nSPS) is 16.6. The zero-order valence-corrected chi connectivity index (χ0v) is 17.2. The summed E-state index contributed by atoms with van der Waals surface area (Å²) in [5.74, 6) is 1.31. The van der Waals surface area contributed by atoms with Crippen LogP contribution in [-0.4, -0.2) is 23.0 Å². The fourth-order valence-electron chi connectivity index (χ4n) is 3.59. The molecule has 1 aliphatic carbocycles. The van der Waals surface area contributed by atoms with E-state index in [9.17, 15) is 0 Å². The van der Waals surface area contributed by atoms with Crippen molar-refractivity contribution in [2.75, 3.05) is 18.3 Å². The third-order valence-corrected chi connectivity index (χ3v) is 10.7. The molecule has 0 fully saturated rings. The van der Waals surface area contributed by atoms with Crippen molar-refractivity contribution >= 4 is 10.0 Å². The minimum absolute atomic E-state index is 0.119. The second-order valence-electron chi connectivity index (χ2n) is 9.16. The molecule has 0 heterocycles. The Morgan fingerprint density at radius 2 is 1.50 bits per heavy atom. The van der Waals surface area contributed by atoms with E-state index in [4.69, 9.17) is 0 Å². The molecule has 0 atom stereocenters. The van der Waals surface area contributed by atoms with E-state index < -0.39 is 10.0 Å². The Bertz CT molecular complexity index is 760. The van der Waals surface area contributed by atoms with Crippen molar-refractivity contribution in [1.29, 1.82) is 0 Å². The molecule has 0 saturated heterocycles. The van der Waals surface area contributed by atoms with Gasteiger partial charge in [-0.15, -0.1) is 0 Å². The fraction of sp³-hybridized carbons (Fsp3) is 0.478. The van der Waals surface area contributed by atoms with Gasteiger partial charge in [0.2, 0.25) is 0 Å². The number of aryl methyl sites for hydroxylation is 1. The van der Waals surface area contributed by atoms with Crippen molar-refractivity contribution in [2.45, 2.75) is 51.2 Å². The van der Waals surface area contributed by atoms with Crippen LogP contribution in [0.2, 0.25) is 0 Å². The van der Waals surface area contributed by atoms with Gasteiger partial charge in [-0.3, -0.25) is 0 Å². The van der Waals surface area contributed by atoms with Crippen LogP contribution >= 0.6 is 10.0 Å². The molecular weight excluding hydrogens is 308 g/mol. The van der Waals surface area contributed by atoms with Gasteiger partial charge >= 0.3 is 0 Å². The van der Waals surface area contributed by atoms with Crippen molar-refractivity contribution < 1.29 is 0 Å². The van der Waals surface area contributed by atoms with Gasteiger partial charge in [0.05, 0.1) is 0 Å². The topological polar surface area (TPSA) is 0 Å². The Kier molecular flexibility index (Phi) is 4.15. The van der Waals surface area contributed by atoms with E-state index in [1.807, 2.05) is 0 Å². The van der Waals surface area contributed by atoms with Gasteiger partial charge in [0, 0.05) is 5.41 Å². The van der Waals surface area contributed by atoms with Crippen molar-refractivity contribution in [2.24, 2.45) is 0 Å². The van der Waals surface area contributed by atoms with Gasteiger partial charge in [-0.25, -0.2) is 10.0 Å². The van der Waals surface area contributed by atoms with Crippen LogP contribution < -0.4 is 0 Å². The van der Waals surface area contributed by atoms with Crippen LogP contribution in [0.15, 0.2) is 42.5 Å². The molecule has 2 aromatic carbocycles. The van der Waals surface area contributed by atoms with E-state index in [0.717, 1.165) is 0 Å². The van der Waals surface area contributed by atoms with Gasteiger partial charge in [0.25, 0.3) is 0 Å². The highest BCUT2D eigenvalue weighted by atomic mass is 32.3. The number of benzene rings is 2. The van der Waals surface area contributed by atoms with Crippen LogP contribution in [0.3, 0.4) is 0 Å². The van der Waals surface area contributed by atoms with E-state index in [-0.39, 0.29) is 5.41 Å². The van der Waals surface area contributed by atoms with Crippen LogP contribution in [0.4, 0.5) is 0 Å². The molecule has 1 heteroatoms. The van der Waals surface area contributed by atoms with Crippen LogP contribution in [0.5, 0.6) is 0 Å². The third kappa shape index (κ3) is 2.81. The van der Waals surface area contributed by atoms with Crippen LogP contribution in [0.1, 0.15) is 51.3 Å². The molecular formula is C23H32S. The first-order valence-electron chi connectivity index (χ1n) is 8.98. The Hall–Kier alpha value is -1.21. The largest absolute Gasteiger partial charge is 0.242 e. The van der Waals surface area contributed by atoms with E-state index in [0.29, 0.717) is 4.75 Å². The summed E-state index contributed by atoms with van der Waals surface area (Å²) in [5.41, 5.74) is 7.45. The lowest BCUT2D eigenvalue weighted by Gasteiger charge is -2.44. The minimum Gasteiger partial charge on any atom is -0.242 e. The summed E-state index contributed by atoms with van der Waals surface area (Å²) >= 11 is 0. The molecule has 0 aliphatic heterocycles. The van der Waals surface area contributed by atoms with Gasteiger partial charge in [-0.1, -0.05) is 77.1 Å². The molecule has 2 aromatic rings. The lowest BCUT2D eigenvalue weighted by molar-refractivity contribution is 0.659. The zero-order valence-electron chi connectivity index (χ0n) is 16.4. The predicted molar refractivity (Wildman–Crippen MR) is 112 cm³/mol. The molecule has 0 N–H and O–H groups in total. The maximum atomic E-state index is 2.49. The molecule has 0 nitrogen and oxygen atoms in total. The number of hydrogen-bond acceptors (Lipinski definition) is 0. The van der Waals surface area contributed by atoms with Crippen molar-refractivity contribution in [3.05, 3.63) is 59.2 Å². The van der Waals surface area contributed by atoms with E-state index in [1.54, 1.807) is 0 Å². The SMILES string of the molecule is CC1(C)c2ccccc2-c2ccc(CCS(C)(C)C(C)(C)C)cc21. The quantitative estimate of drug-likeness (QED) is 0.606. The molecule has 0 aromatic heterocycles. The van der Waals surface area contributed by atoms with Crippen LogP contribution in [-0.2, 0) is 11.8 Å². The van der Waals surface area contributed by atoms with Crippen molar-refractivity contribution in [1.82, 2.24) is 0 Å². The maximum Gasteiger partial charge on any atom is 0.0158 e. The van der Waals surface area contributed by atoms with Gasteiger partial charge in [0.15, 0.2) is 0 Å². The van der Waals surface area contributed by atoms with Crippen molar-refractivity contribution in [3.8, 4) is 11.1 Å². The highest BCUT2D eigenvalue weighted by Gasteiger charge is 2.35. The molecule has 1 aliphatic rings.